The molecule has 0 spiro atoms. The predicted octanol–water partition coefficient (Wildman–Crippen LogP) is 3.42. The molecule has 0 fully saturated rings. The highest BCUT2D eigenvalue weighted by atomic mass is 19.1. The highest BCUT2D eigenvalue weighted by Crippen LogP contribution is 2.20. The fourth-order valence-electron chi connectivity index (χ4n) is 1.78. The van der Waals surface area contributed by atoms with Crippen molar-refractivity contribution in [2.45, 2.75) is 13.8 Å². The first-order chi connectivity index (χ1) is 9.38. The number of rotatable bonds is 2. The summed E-state index contributed by atoms with van der Waals surface area (Å²) in [5.74, 6) is -2.48. The van der Waals surface area contributed by atoms with Gasteiger partial charge in [0.15, 0.2) is 0 Å². The van der Waals surface area contributed by atoms with E-state index in [-0.39, 0.29) is 5.56 Å². The van der Waals surface area contributed by atoms with Gasteiger partial charge in [-0.15, -0.1) is 0 Å². The number of nitrogens with two attached hydrogens (primary N) is 1. The van der Waals surface area contributed by atoms with Crippen LogP contribution in [0.3, 0.4) is 0 Å². The van der Waals surface area contributed by atoms with Crippen LogP contribution in [-0.4, -0.2) is 5.91 Å². The first-order valence-corrected chi connectivity index (χ1v) is 6.01. The molecule has 5 heteroatoms. The molecule has 0 saturated heterocycles. The molecule has 0 heterocycles. The first kappa shape index (κ1) is 14.0. The third-order valence-electron chi connectivity index (χ3n) is 2.98. The largest absolute Gasteiger partial charge is 0.394 e. The normalized spacial score (nSPS) is 10.4. The Morgan fingerprint density at radius 3 is 2.30 bits per heavy atom. The molecule has 0 aliphatic heterocycles. The van der Waals surface area contributed by atoms with Crippen LogP contribution in [-0.2, 0) is 0 Å². The van der Waals surface area contributed by atoms with Crippen molar-refractivity contribution in [1.82, 2.24) is 0 Å². The lowest BCUT2D eigenvalue weighted by molar-refractivity contribution is 0.102. The maximum atomic E-state index is 13.3. The number of nitrogens with one attached hydrogen (secondary N) is 1. The molecular formula is C15H14F2N2O. The number of amides is 1. The van der Waals surface area contributed by atoms with E-state index in [1.807, 2.05) is 26.0 Å². The van der Waals surface area contributed by atoms with Crippen LogP contribution in [0.1, 0.15) is 21.5 Å². The lowest BCUT2D eigenvalue weighted by Crippen LogP contribution is -2.14. The molecule has 0 aliphatic carbocycles. The van der Waals surface area contributed by atoms with Crippen LogP contribution < -0.4 is 11.1 Å². The zero-order chi connectivity index (χ0) is 14.9. The summed E-state index contributed by atoms with van der Waals surface area (Å²) in [5.41, 5.74) is 6.90. The number of halogens is 2. The number of carbonyl (C=O) groups is 1. The Balaban J connectivity index is 2.31. The van der Waals surface area contributed by atoms with E-state index in [0.29, 0.717) is 5.69 Å². The Bertz CT molecular complexity index is 661. The van der Waals surface area contributed by atoms with Crippen LogP contribution in [0.25, 0.3) is 0 Å². The topological polar surface area (TPSA) is 55.1 Å². The van der Waals surface area contributed by atoms with Gasteiger partial charge in [-0.3, -0.25) is 4.79 Å². The summed E-state index contributed by atoms with van der Waals surface area (Å²) in [7, 11) is 0. The first-order valence-electron chi connectivity index (χ1n) is 6.01. The van der Waals surface area contributed by atoms with Gasteiger partial charge in [-0.2, -0.15) is 0 Å². The highest BCUT2D eigenvalue weighted by Gasteiger charge is 2.14. The minimum absolute atomic E-state index is 0.116. The van der Waals surface area contributed by atoms with Crippen LogP contribution in [0.15, 0.2) is 30.3 Å². The number of nitrogen functional groups attached to an aromatic ring is 1. The summed E-state index contributed by atoms with van der Waals surface area (Å²) in [6.45, 7) is 3.72. The quantitative estimate of drug-likeness (QED) is 0.826. The molecule has 0 unspecified atom stereocenters. The zero-order valence-electron chi connectivity index (χ0n) is 11.1. The van der Waals surface area contributed by atoms with Crippen LogP contribution >= 0.6 is 0 Å². The van der Waals surface area contributed by atoms with Gasteiger partial charge in [-0.1, -0.05) is 12.1 Å². The van der Waals surface area contributed by atoms with Gasteiger partial charge in [0.1, 0.15) is 17.3 Å². The molecule has 0 aliphatic rings. The highest BCUT2D eigenvalue weighted by molar-refractivity contribution is 6.04. The summed E-state index contributed by atoms with van der Waals surface area (Å²) in [6, 6.07) is 7.39. The molecule has 104 valence electrons. The molecule has 0 aromatic heterocycles. The van der Waals surface area contributed by atoms with Crippen molar-refractivity contribution >= 4 is 17.3 Å². The van der Waals surface area contributed by atoms with Crippen molar-refractivity contribution in [3.8, 4) is 0 Å². The molecule has 2 aromatic carbocycles. The van der Waals surface area contributed by atoms with Gasteiger partial charge in [0.05, 0.1) is 0 Å². The summed E-state index contributed by atoms with van der Waals surface area (Å²) in [6.07, 6.45) is 0. The van der Waals surface area contributed by atoms with E-state index >= 15 is 0 Å². The maximum absolute atomic E-state index is 13.3. The van der Waals surface area contributed by atoms with E-state index < -0.39 is 23.2 Å². The maximum Gasteiger partial charge on any atom is 0.255 e. The molecule has 1 amide bonds. The smallest absolute Gasteiger partial charge is 0.255 e. The number of hydrogen-bond donors (Lipinski definition) is 2. The van der Waals surface area contributed by atoms with E-state index in [4.69, 9.17) is 5.73 Å². The fraction of sp³-hybridized carbons (Fsp3) is 0.133. The number of anilines is 2. The summed E-state index contributed by atoms with van der Waals surface area (Å²) >= 11 is 0. The van der Waals surface area contributed by atoms with Crippen LogP contribution in [0.2, 0.25) is 0 Å². The van der Waals surface area contributed by atoms with Crippen LogP contribution in [0, 0.1) is 25.5 Å². The molecule has 0 atom stereocenters. The van der Waals surface area contributed by atoms with Gasteiger partial charge in [-0.25, -0.2) is 8.78 Å². The minimum atomic E-state index is -0.948. The molecule has 2 rings (SSSR count). The monoisotopic (exact) mass is 276 g/mol. The van der Waals surface area contributed by atoms with Gasteiger partial charge in [0, 0.05) is 11.3 Å². The van der Waals surface area contributed by atoms with Crippen molar-refractivity contribution in [2.24, 2.45) is 0 Å². The van der Waals surface area contributed by atoms with E-state index in [1.54, 1.807) is 6.07 Å². The second-order valence-electron chi connectivity index (χ2n) is 4.63. The fourth-order valence-corrected chi connectivity index (χ4v) is 1.78. The second kappa shape index (κ2) is 5.28. The molecule has 3 nitrogen and oxygen atoms in total. The summed E-state index contributed by atoms with van der Waals surface area (Å²) < 4.78 is 26.7. The summed E-state index contributed by atoms with van der Waals surface area (Å²) in [4.78, 5) is 12.0. The average molecular weight is 276 g/mol. The predicted molar refractivity (Wildman–Crippen MR) is 74.6 cm³/mol. The van der Waals surface area contributed by atoms with Gasteiger partial charge in [0.25, 0.3) is 5.91 Å². The second-order valence-corrected chi connectivity index (χ2v) is 4.63. The van der Waals surface area contributed by atoms with E-state index in [9.17, 15) is 13.6 Å². The average Bonchev–Trinajstić information content (AvgIpc) is 2.39. The van der Waals surface area contributed by atoms with Gasteiger partial charge in [-0.05, 0) is 43.2 Å². The molecule has 0 radical (unpaired) electrons. The minimum Gasteiger partial charge on any atom is -0.394 e. The lowest BCUT2D eigenvalue weighted by atomic mass is 10.1. The van der Waals surface area contributed by atoms with E-state index in [1.165, 1.54) is 0 Å². The molecule has 0 saturated carbocycles. The Labute approximate surface area is 115 Å². The molecular weight excluding hydrogens is 262 g/mol. The lowest BCUT2D eigenvalue weighted by Gasteiger charge is -2.10. The third kappa shape index (κ3) is 2.77. The SMILES string of the molecule is Cc1ccc(C)c(NC(=O)c2cc(F)c(N)c(F)c2)c1. The Hall–Kier alpha value is -2.43. The van der Waals surface area contributed by atoms with Crippen molar-refractivity contribution in [3.05, 3.63) is 58.7 Å². The van der Waals surface area contributed by atoms with Crippen molar-refractivity contribution in [3.63, 3.8) is 0 Å². The third-order valence-corrected chi connectivity index (χ3v) is 2.98. The van der Waals surface area contributed by atoms with Gasteiger partial charge >= 0.3 is 0 Å². The molecule has 2 aromatic rings. The van der Waals surface area contributed by atoms with E-state index in [2.05, 4.69) is 5.32 Å². The van der Waals surface area contributed by atoms with Gasteiger partial charge < -0.3 is 11.1 Å². The van der Waals surface area contributed by atoms with Crippen molar-refractivity contribution in [1.29, 1.82) is 0 Å². The number of aryl methyl sites for hydroxylation is 2. The van der Waals surface area contributed by atoms with Crippen molar-refractivity contribution < 1.29 is 13.6 Å². The number of hydrogen-bond acceptors (Lipinski definition) is 2. The Morgan fingerprint density at radius 2 is 1.70 bits per heavy atom. The van der Waals surface area contributed by atoms with Gasteiger partial charge in [0.2, 0.25) is 0 Å². The van der Waals surface area contributed by atoms with Crippen molar-refractivity contribution in [2.75, 3.05) is 11.1 Å². The van der Waals surface area contributed by atoms with Crippen LogP contribution in [0.5, 0.6) is 0 Å². The molecule has 20 heavy (non-hydrogen) atoms. The molecule has 0 bridgehead atoms. The Morgan fingerprint density at radius 1 is 1.10 bits per heavy atom. The van der Waals surface area contributed by atoms with Crippen LogP contribution in [0.4, 0.5) is 20.2 Å². The summed E-state index contributed by atoms with van der Waals surface area (Å²) in [5, 5.41) is 2.63. The molecule has 3 N–H and O–H groups in total. The Kier molecular flexibility index (Phi) is 3.70. The number of carbonyl (C=O) groups excluding carboxylic acids is 1. The number of benzene rings is 2. The zero-order valence-corrected chi connectivity index (χ0v) is 11.1. The van der Waals surface area contributed by atoms with E-state index in [0.717, 1.165) is 23.3 Å². The standard InChI is InChI=1S/C15H14F2N2O/c1-8-3-4-9(2)13(5-8)19-15(20)10-6-11(16)14(18)12(17)7-10/h3-7H,18H2,1-2H3,(H,19,20).